The average Bonchev–Trinajstić information content (AvgIpc) is 2.45. The lowest BCUT2D eigenvalue weighted by Crippen LogP contribution is -2.40. The summed E-state index contributed by atoms with van der Waals surface area (Å²) >= 11 is 0. The van der Waals surface area contributed by atoms with Gasteiger partial charge in [0.15, 0.2) is 0 Å². The summed E-state index contributed by atoms with van der Waals surface area (Å²) in [6, 6.07) is 7.30. The topological polar surface area (TPSA) is 84.5 Å². The first-order chi connectivity index (χ1) is 10.4. The summed E-state index contributed by atoms with van der Waals surface area (Å²) in [6.07, 6.45) is -0.0839. The molecule has 0 saturated heterocycles. The van der Waals surface area contributed by atoms with Crippen LogP contribution >= 0.6 is 0 Å². The van der Waals surface area contributed by atoms with Gasteiger partial charge < -0.3 is 15.4 Å². The van der Waals surface area contributed by atoms with Gasteiger partial charge in [-0.05, 0) is 31.5 Å². The fourth-order valence-electron chi connectivity index (χ4n) is 2.46. The number of allylic oxidation sites excluding steroid dienone is 1. The number of hydrogen-bond donors (Lipinski definition) is 2. The fourth-order valence-corrected chi connectivity index (χ4v) is 2.46. The van der Waals surface area contributed by atoms with Crippen LogP contribution in [-0.2, 0) is 19.1 Å². The molecule has 2 rings (SSSR count). The molecular weight excluding hydrogens is 284 g/mol. The van der Waals surface area contributed by atoms with E-state index in [4.69, 9.17) is 4.74 Å². The lowest BCUT2D eigenvalue weighted by Gasteiger charge is -2.25. The number of esters is 1. The van der Waals surface area contributed by atoms with E-state index in [1.165, 1.54) is 7.11 Å². The van der Waals surface area contributed by atoms with E-state index in [1.807, 2.05) is 25.1 Å². The normalized spacial score (nSPS) is 17.8. The van der Waals surface area contributed by atoms with Gasteiger partial charge in [-0.25, -0.2) is 4.79 Å². The number of ether oxygens (including phenoxy) is 1. The first-order valence-corrected chi connectivity index (χ1v) is 6.89. The van der Waals surface area contributed by atoms with Gasteiger partial charge in [0, 0.05) is 17.8 Å². The molecule has 0 bridgehead atoms. The molecule has 0 unspecified atom stereocenters. The van der Waals surface area contributed by atoms with Gasteiger partial charge in [0.1, 0.15) is 0 Å². The number of carbonyl (C=O) groups excluding carboxylic acids is 3. The monoisotopic (exact) mass is 302 g/mol. The minimum atomic E-state index is -0.860. The summed E-state index contributed by atoms with van der Waals surface area (Å²) < 4.78 is 4.72. The van der Waals surface area contributed by atoms with E-state index >= 15 is 0 Å². The van der Waals surface area contributed by atoms with Crippen LogP contribution in [0.3, 0.4) is 0 Å². The van der Waals surface area contributed by atoms with Crippen LogP contribution in [-0.4, -0.2) is 24.9 Å². The summed E-state index contributed by atoms with van der Waals surface area (Å²) in [5, 5.41) is 5.30. The molecule has 1 aliphatic heterocycles. The predicted octanol–water partition coefficient (Wildman–Crippen LogP) is 1.52. The van der Waals surface area contributed by atoms with E-state index < -0.39 is 17.8 Å². The standard InChI is InChI=1S/C16H18N2O4/c1-9-5-4-6-11(7-9)18-15(20)12-8-13(19)17-10(2)14(12)16(21)22-3/h4-7,12H,8H2,1-3H3,(H,17,19)(H,18,20)/t12-/m0/s1. The van der Waals surface area contributed by atoms with Gasteiger partial charge in [0.25, 0.3) is 0 Å². The summed E-state index contributed by atoms with van der Waals surface area (Å²) in [5.74, 6) is -2.17. The lowest BCUT2D eigenvalue weighted by atomic mass is 9.89. The Bertz CT molecular complexity index is 664. The van der Waals surface area contributed by atoms with Crippen LogP contribution in [0, 0.1) is 12.8 Å². The average molecular weight is 302 g/mol. The molecule has 0 radical (unpaired) electrons. The fraction of sp³-hybridized carbons (Fsp3) is 0.312. The Labute approximate surface area is 128 Å². The highest BCUT2D eigenvalue weighted by molar-refractivity contribution is 6.06. The number of methoxy groups -OCH3 is 1. The second kappa shape index (κ2) is 6.43. The second-order valence-electron chi connectivity index (χ2n) is 5.19. The largest absolute Gasteiger partial charge is 0.466 e. The number of nitrogens with one attached hydrogen (secondary N) is 2. The Morgan fingerprint density at radius 1 is 1.32 bits per heavy atom. The zero-order chi connectivity index (χ0) is 16.3. The van der Waals surface area contributed by atoms with E-state index in [1.54, 1.807) is 13.0 Å². The number of aryl methyl sites for hydroxylation is 1. The number of anilines is 1. The highest BCUT2D eigenvalue weighted by atomic mass is 16.5. The molecule has 2 amide bonds. The van der Waals surface area contributed by atoms with Crippen LogP contribution in [0.25, 0.3) is 0 Å². The Morgan fingerprint density at radius 3 is 2.68 bits per heavy atom. The van der Waals surface area contributed by atoms with Gasteiger partial charge in [-0.15, -0.1) is 0 Å². The first kappa shape index (κ1) is 15.8. The van der Waals surface area contributed by atoms with Crippen molar-refractivity contribution in [2.45, 2.75) is 20.3 Å². The predicted molar refractivity (Wildman–Crippen MR) is 80.8 cm³/mol. The molecule has 6 heteroatoms. The highest BCUT2D eigenvalue weighted by Gasteiger charge is 2.36. The van der Waals surface area contributed by atoms with Crippen LogP contribution in [0.4, 0.5) is 5.69 Å². The number of amides is 2. The zero-order valence-electron chi connectivity index (χ0n) is 12.7. The highest BCUT2D eigenvalue weighted by Crippen LogP contribution is 2.25. The Kier molecular flexibility index (Phi) is 4.60. The number of hydrogen-bond acceptors (Lipinski definition) is 4. The molecule has 0 spiro atoms. The second-order valence-corrected chi connectivity index (χ2v) is 5.19. The van der Waals surface area contributed by atoms with Crippen molar-refractivity contribution in [3.8, 4) is 0 Å². The molecular formula is C16H18N2O4. The SMILES string of the molecule is COC(=O)C1=C(C)NC(=O)C[C@@H]1C(=O)Nc1cccc(C)c1. The number of benzene rings is 1. The van der Waals surface area contributed by atoms with Crippen molar-refractivity contribution in [2.24, 2.45) is 5.92 Å². The maximum absolute atomic E-state index is 12.5. The van der Waals surface area contributed by atoms with E-state index in [-0.39, 0.29) is 17.9 Å². The Morgan fingerprint density at radius 2 is 2.05 bits per heavy atom. The van der Waals surface area contributed by atoms with Crippen molar-refractivity contribution < 1.29 is 19.1 Å². The third-order valence-electron chi connectivity index (χ3n) is 3.48. The smallest absolute Gasteiger partial charge is 0.336 e. The van der Waals surface area contributed by atoms with Crippen molar-refractivity contribution in [3.63, 3.8) is 0 Å². The van der Waals surface area contributed by atoms with Gasteiger partial charge in [0.2, 0.25) is 11.8 Å². The van der Waals surface area contributed by atoms with E-state index in [0.29, 0.717) is 11.4 Å². The van der Waals surface area contributed by atoms with Gasteiger partial charge in [-0.2, -0.15) is 0 Å². The van der Waals surface area contributed by atoms with Crippen LogP contribution in [0.5, 0.6) is 0 Å². The summed E-state index contributed by atoms with van der Waals surface area (Å²) in [7, 11) is 1.24. The van der Waals surface area contributed by atoms with E-state index in [2.05, 4.69) is 10.6 Å². The third-order valence-corrected chi connectivity index (χ3v) is 3.48. The molecule has 22 heavy (non-hydrogen) atoms. The quantitative estimate of drug-likeness (QED) is 0.829. The van der Waals surface area contributed by atoms with Crippen molar-refractivity contribution in [2.75, 3.05) is 12.4 Å². The molecule has 6 nitrogen and oxygen atoms in total. The molecule has 116 valence electrons. The summed E-state index contributed by atoms with van der Waals surface area (Å²) in [6.45, 7) is 3.49. The molecule has 1 aliphatic rings. The van der Waals surface area contributed by atoms with Crippen molar-refractivity contribution >= 4 is 23.5 Å². The summed E-state index contributed by atoms with van der Waals surface area (Å²) in [4.78, 5) is 36.0. The molecule has 0 saturated carbocycles. The molecule has 1 aromatic rings. The maximum Gasteiger partial charge on any atom is 0.336 e. The Balaban J connectivity index is 2.27. The minimum absolute atomic E-state index is 0.0839. The van der Waals surface area contributed by atoms with Crippen LogP contribution < -0.4 is 10.6 Å². The van der Waals surface area contributed by atoms with E-state index in [0.717, 1.165) is 5.56 Å². The van der Waals surface area contributed by atoms with Gasteiger partial charge in [-0.1, -0.05) is 12.1 Å². The van der Waals surface area contributed by atoms with Crippen molar-refractivity contribution in [1.82, 2.24) is 5.32 Å². The van der Waals surface area contributed by atoms with Gasteiger partial charge >= 0.3 is 5.97 Å². The van der Waals surface area contributed by atoms with E-state index in [9.17, 15) is 14.4 Å². The maximum atomic E-state index is 12.5. The molecule has 1 atom stereocenters. The lowest BCUT2D eigenvalue weighted by molar-refractivity contribution is -0.139. The molecule has 1 aromatic carbocycles. The molecule has 1 heterocycles. The van der Waals surface area contributed by atoms with Gasteiger partial charge in [0.05, 0.1) is 18.6 Å². The third kappa shape index (κ3) is 3.33. The number of rotatable bonds is 3. The summed E-state index contributed by atoms with van der Waals surface area (Å²) in [5.41, 5.74) is 2.16. The zero-order valence-corrected chi connectivity index (χ0v) is 12.7. The minimum Gasteiger partial charge on any atom is -0.466 e. The van der Waals surface area contributed by atoms with Crippen LogP contribution in [0.15, 0.2) is 35.5 Å². The van der Waals surface area contributed by atoms with Crippen molar-refractivity contribution in [3.05, 3.63) is 41.1 Å². The molecule has 0 fully saturated rings. The molecule has 0 aromatic heterocycles. The Hall–Kier alpha value is -2.63. The van der Waals surface area contributed by atoms with Crippen LogP contribution in [0.1, 0.15) is 18.9 Å². The van der Waals surface area contributed by atoms with Crippen molar-refractivity contribution in [1.29, 1.82) is 0 Å². The first-order valence-electron chi connectivity index (χ1n) is 6.89. The van der Waals surface area contributed by atoms with Gasteiger partial charge in [-0.3, -0.25) is 9.59 Å². The van der Waals surface area contributed by atoms with Crippen LogP contribution in [0.2, 0.25) is 0 Å². The molecule has 2 N–H and O–H groups in total. The number of carbonyl (C=O) groups is 3. The molecule has 0 aliphatic carbocycles.